The third kappa shape index (κ3) is 3.99. The third-order valence-corrected chi connectivity index (χ3v) is 5.28. The summed E-state index contributed by atoms with van der Waals surface area (Å²) in [6, 6.07) is 7.18. The highest BCUT2D eigenvalue weighted by atomic mass is 79.9. The molecule has 136 valence electrons. The van der Waals surface area contributed by atoms with Crippen LogP contribution in [0.25, 0.3) is 0 Å². The van der Waals surface area contributed by atoms with Gasteiger partial charge in [-0.25, -0.2) is 0 Å². The van der Waals surface area contributed by atoms with E-state index in [1.165, 1.54) is 9.80 Å². The van der Waals surface area contributed by atoms with Crippen molar-refractivity contribution in [1.82, 2.24) is 4.90 Å². The lowest BCUT2D eigenvalue weighted by Crippen LogP contribution is -2.47. The molecule has 3 rings (SSSR count). The molecule has 1 aromatic carbocycles. The van der Waals surface area contributed by atoms with E-state index >= 15 is 0 Å². The number of amides is 2. The van der Waals surface area contributed by atoms with Gasteiger partial charge in [0.25, 0.3) is 0 Å². The van der Waals surface area contributed by atoms with Crippen molar-refractivity contribution in [3.63, 3.8) is 0 Å². The number of benzene rings is 1. The Morgan fingerprint density at radius 2 is 2.00 bits per heavy atom. The molecule has 0 aliphatic carbocycles. The summed E-state index contributed by atoms with van der Waals surface area (Å²) in [6.45, 7) is 0.234. The zero-order valence-corrected chi connectivity index (χ0v) is 15.0. The molecule has 4 nitrogen and oxygen atoms in total. The fourth-order valence-corrected chi connectivity index (χ4v) is 3.86. The Bertz CT molecular complexity index is 680. The van der Waals surface area contributed by atoms with Gasteiger partial charge in [0.1, 0.15) is 0 Å². The Hall–Kier alpha value is -1.57. The molecule has 0 radical (unpaired) electrons. The molecular weight excluding hydrogens is 401 g/mol. The number of carbonyl (C=O) groups excluding carboxylic acids is 2. The van der Waals surface area contributed by atoms with Crippen LogP contribution >= 0.6 is 15.9 Å². The normalized spacial score (nSPS) is 24.7. The van der Waals surface area contributed by atoms with E-state index in [1.807, 2.05) is 6.07 Å². The number of piperidine rings is 1. The van der Waals surface area contributed by atoms with E-state index in [4.69, 9.17) is 0 Å². The molecule has 8 heteroatoms. The molecule has 0 saturated carbocycles. The molecular formula is C17H18BrF3N2O2. The summed E-state index contributed by atoms with van der Waals surface area (Å²) in [7, 11) is 0. The van der Waals surface area contributed by atoms with Crippen LogP contribution in [0.5, 0.6) is 0 Å². The predicted octanol–water partition coefficient (Wildman–Crippen LogP) is 3.60. The van der Waals surface area contributed by atoms with Gasteiger partial charge >= 0.3 is 6.18 Å². The van der Waals surface area contributed by atoms with Crippen LogP contribution in [0.2, 0.25) is 0 Å². The molecule has 0 spiro atoms. The molecule has 0 aromatic heterocycles. The van der Waals surface area contributed by atoms with Crippen LogP contribution in [0.15, 0.2) is 28.7 Å². The fraction of sp³-hybridized carbons (Fsp3) is 0.529. The Labute approximate surface area is 152 Å². The number of rotatable bonds is 2. The second kappa shape index (κ2) is 6.97. The van der Waals surface area contributed by atoms with Crippen LogP contribution in [0, 0.1) is 11.8 Å². The first-order chi connectivity index (χ1) is 11.8. The van der Waals surface area contributed by atoms with E-state index in [1.54, 1.807) is 18.2 Å². The van der Waals surface area contributed by atoms with Crippen LogP contribution < -0.4 is 4.90 Å². The van der Waals surface area contributed by atoms with Gasteiger partial charge in [0.05, 0.1) is 11.8 Å². The molecule has 2 aliphatic heterocycles. The molecule has 0 bridgehead atoms. The highest BCUT2D eigenvalue weighted by Gasteiger charge is 2.44. The Balaban J connectivity index is 1.68. The molecule has 25 heavy (non-hydrogen) atoms. The van der Waals surface area contributed by atoms with E-state index in [2.05, 4.69) is 15.9 Å². The van der Waals surface area contributed by atoms with Gasteiger partial charge in [0.15, 0.2) is 0 Å². The van der Waals surface area contributed by atoms with Crippen molar-refractivity contribution in [2.75, 3.05) is 24.5 Å². The predicted molar refractivity (Wildman–Crippen MR) is 90.0 cm³/mol. The van der Waals surface area contributed by atoms with Crippen molar-refractivity contribution in [1.29, 1.82) is 0 Å². The summed E-state index contributed by atoms with van der Waals surface area (Å²) >= 11 is 3.34. The molecule has 0 N–H and O–H groups in total. The minimum Gasteiger partial charge on any atom is -0.342 e. The number of likely N-dealkylation sites (tertiary alicyclic amines) is 1. The van der Waals surface area contributed by atoms with E-state index < -0.39 is 18.0 Å². The zero-order valence-electron chi connectivity index (χ0n) is 13.4. The van der Waals surface area contributed by atoms with Crippen LogP contribution in [0.4, 0.5) is 18.9 Å². The van der Waals surface area contributed by atoms with Crippen molar-refractivity contribution in [3.05, 3.63) is 28.7 Å². The van der Waals surface area contributed by atoms with E-state index in [0.29, 0.717) is 18.7 Å². The third-order valence-electron chi connectivity index (χ3n) is 4.79. The van der Waals surface area contributed by atoms with Gasteiger partial charge < -0.3 is 9.80 Å². The van der Waals surface area contributed by atoms with Gasteiger partial charge in [-0.2, -0.15) is 13.2 Å². The Kier molecular flexibility index (Phi) is 5.09. The first-order valence-electron chi connectivity index (χ1n) is 8.17. The maximum atomic E-state index is 12.9. The van der Waals surface area contributed by atoms with Gasteiger partial charge in [-0.3, -0.25) is 9.59 Å². The molecule has 0 unspecified atom stereocenters. The van der Waals surface area contributed by atoms with Crippen molar-refractivity contribution in [2.24, 2.45) is 11.8 Å². The monoisotopic (exact) mass is 418 g/mol. The maximum Gasteiger partial charge on any atom is 0.393 e. The van der Waals surface area contributed by atoms with Crippen LogP contribution in [-0.4, -0.2) is 42.5 Å². The Morgan fingerprint density at radius 1 is 1.24 bits per heavy atom. The first-order valence-corrected chi connectivity index (χ1v) is 8.96. The topological polar surface area (TPSA) is 40.6 Å². The van der Waals surface area contributed by atoms with Crippen LogP contribution in [-0.2, 0) is 9.59 Å². The highest BCUT2D eigenvalue weighted by molar-refractivity contribution is 9.10. The summed E-state index contributed by atoms with van der Waals surface area (Å²) in [5.74, 6) is -2.58. The molecule has 2 aliphatic rings. The summed E-state index contributed by atoms with van der Waals surface area (Å²) in [5.41, 5.74) is 0.682. The van der Waals surface area contributed by atoms with Crippen molar-refractivity contribution < 1.29 is 22.8 Å². The minimum absolute atomic E-state index is 0.0402. The fourth-order valence-electron chi connectivity index (χ4n) is 3.47. The molecule has 2 heterocycles. The van der Waals surface area contributed by atoms with Crippen LogP contribution in [0.1, 0.15) is 19.3 Å². The molecule has 2 saturated heterocycles. The average molecular weight is 419 g/mol. The summed E-state index contributed by atoms with van der Waals surface area (Å²) in [5, 5.41) is 0. The SMILES string of the molecule is O=C([C@@H]1CC(=O)N(c2cccc(Br)c2)C1)N1CCC[C@@H](C(F)(F)F)C1. The lowest BCUT2D eigenvalue weighted by Gasteiger charge is -2.35. The van der Waals surface area contributed by atoms with Gasteiger partial charge in [-0.05, 0) is 31.0 Å². The van der Waals surface area contributed by atoms with Gasteiger partial charge in [0, 0.05) is 36.2 Å². The lowest BCUT2D eigenvalue weighted by molar-refractivity contribution is -0.188. The van der Waals surface area contributed by atoms with Crippen LogP contribution in [0.3, 0.4) is 0 Å². The summed E-state index contributed by atoms with van der Waals surface area (Å²) in [4.78, 5) is 27.7. The van der Waals surface area contributed by atoms with Gasteiger partial charge in [-0.1, -0.05) is 22.0 Å². The number of hydrogen-bond acceptors (Lipinski definition) is 2. The number of halogens is 4. The maximum absolute atomic E-state index is 12.9. The quantitative estimate of drug-likeness (QED) is 0.735. The van der Waals surface area contributed by atoms with E-state index in [-0.39, 0.29) is 37.7 Å². The molecule has 2 fully saturated rings. The number of hydrogen-bond donors (Lipinski definition) is 0. The largest absolute Gasteiger partial charge is 0.393 e. The average Bonchev–Trinajstić information content (AvgIpc) is 2.95. The van der Waals surface area contributed by atoms with E-state index in [9.17, 15) is 22.8 Å². The second-order valence-electron chi connectivity index (χ2n) is 6.55. The van der Waals surface area contributed by atoms with Gasteiger partial charge in [-0.15, -0.1) is 0 Å². The summed E-state index contributed by atoms with van der Waals surface area (Å²) in [6.07, 6.45) is -3.85. The standard InChI is InChI=1S/C17H18BrF3N2O2/c18-13-4-1-5-14(8-13)23-9-11(7-15(23)24)16(25)22-6-2-3-12(10-22)17(19,20)21/h1,4-5,8,11-12H,2-3,6-7,9-10H2/t11-,12-/m1/s1. The highest BCUT2D eigenvalue weighted by Crippen LogP contribution is 2.34. The van der Waals surface area contributed by atoms with E-state index in [0.717, 1.165) is 4.47 Å². The van der Waals surface area contributed by atoms with Crippen molar-refractivity contribution in [3.8, 4) is 0 Å². The van der Waals surface area contributed by atoms with Gasteiger partial charge in [0.2, 0.25) is 11.8 Å². The zero-order chi connectivity index (χ0) is 18.2. The number of alkyl halides is 3. The number of nitrogens with zero attached hydrogens (tertiary/aromatic N) is 2. The summed E-state index contributed by atoms with van der Waals surface area (Å²) < 4.78 is 39.6. The molecule has 2 atom stereocenters. The van der Waals surface area contributed by atoms with Crippen molar-refractivity contribution in [2.45, 2.75) is 25.4 Å². The smallest absolute Gasteiger partial charge is 0.342 e. The minimum atomic E-state index is -4.28. The molecule has 1 aromatic rings. The second-order valence-corrected chi connectivity index (χ2v) is 7.47. The Morgan fingerprint density at radius 3 is 2.68 bits per heavy atom. The number of carbonyl (C=O) groups is 2. The first kappa shape index (κ1) is 18.2. The molecule has 2 amide bonds. The lowest BCUT2D eigenvalue weighted by atomic mass is 9.96. The van der Waals surface area contributed by atoms with Crippen molar-refractivity contribution >= 4 is 33.4 Å². The number of anilines is 1.